The largest absolute Gasteiger partial charge is 0.497 e. The molecule has 26 heavy (non-hydrogen) atoms. The zero-order valence-electron chi connectivity index (χ0n) is 15.7. The molecule has 0 saturated carbocycles. The number of fused-ring (bicyclic) bond motifs is 2. The van der Waals surface area contributed by atoms with E-state index in [-0.39, 0.29) is 0 Å². The van der Waals surface area contributed by atoms with Crippen molar-refractivity contribution >= 4 is 10.9 Å². The number of H-pyrrole nitrogens is 1. The van der Waals surface area contributed by atoms with Crippen LogP contribution in [0.1, 0.15) is 24.0 Å². The zero-order chi connectivity index (χ0) is 18.1. The Balaban J connectivity index is 1.47. The van der Waals surface area contributed by atoms with Gasteiger partial charge in [-0.3, -0.25) is 14.7 Å². The lowest BCUT2D eigenvalue weighted by Crippen LogP contribution is -2.33. The Hall–Kier alpha value is -2.38. The third-order valence-corrected chi connectivity index (χ3v) is 5.12. The molecule has 0 unspecified atom stereocenters. The molecule has 7 nitrogen and oxygen atoms in total. The molecule has 7 heteroatoms. The topological polar surface area (TPSA) is 62.2 Å². The second-order valence-electron chi connectivity index (χ2n) is 6.98. The van der Waals surface area contributed by atoms with Crippen molar-refractivity contribution < 1.29 is 4.74 Å². The summed E-state index contributed by atoms with van der Waals surface area (Å²) in [6.45, 7) is 7.81. The predicted molar refractivity (Wildman–Crippen MR) is 101 cm³/mol. The van der Waals surface area contributed by atoms with Crippen molar-refractivity contribution in [3.63, 3.8) is 0 Å². The minimum absolute atomic E-state index is 0.835. The van der Waals surface area contributed by atoms with Gasteiger partial charge in [-0.25, -0.2) is 0 Å². The Bertz CT molecular complexity index is 899. The van der Waals surface area contributed by atoms with E-state index in [1.807, 2.05) is 12.1 Å². The van der Waals surface area contributed by atoms with Crippen molar-refractivity contribution in [2.45, 2.75) is 33.1 Å². The molecule has 138 valence electrons. The van der Waals surface area contributed by atoms with Crippen LogP contribution in [0.5, 0.6) is 5.75 Å². The van der Waals surface area contributed by atoms with Gasteiger partial charge in [-0.1, -0.05) is 6.92 Å². The van der Waals surface area contributed by atoms with Gasteiger partial charge < -0.3 is 9.64 Å². The molecule has 0 aliphatic carbocycles. The van der Waals surface area contributed by atoms with Crippen molar-refractivity contribution in [1.29, 1.82) is 0 Å². The van der Waals surface area contributed by atoms with Crippen LogP contribution in [0.25, 0.3) is 10.9 Å². The molecule has 1 aliphatic rings. The molecule has 0 fully saturated rings. The van der Waals surface area contributed by atoms with Gasteiger partial charge >= 0.3 is 0 Å². The highest BCUT2D eigenvalue weighted by atomic mass is 16.5. The minimum Gasteiger partial charge on any atom is -0.497 e. The van der Waals surface area contributed by atoms with Gasteiger partial charge in [0.15, 0.2) is 0 Å². The number of hydrogen-bond acceptors (Lipinski definition) is 5. The number of nitrogens with one attached hydrogen (secondary N) is 1. The fourth-order valence-electron chi connectivity index (χ4n) is 3.50. The molecule has 3 aromatic rings. The molecule has 1 aliphatic heterocycles. The van der Waals surface area contributed by atoms with E-state index in [1.54, 1.807) is 7.11 Å². The average Bonchev–Trinajstić information content (AvgIpc) is 3.24. The molecule has 1 N–H and O–H groups in total. The number of ether oxygens (including phenoxy) is 1. The molecule has 0 saturated heterocycles. The smallest absolute Gasteiger partial charge is 0.121 e. The van der Waals surface area contributed by atoms with Gasteiger partial charge in [0.1, 0.15) is 5.75 Å². The Labute approximate surface area is 153 Å². The van der Waals surface area contributed by atoms with E-state index in [1.165, 1.54) is 5.69 Å². The van der Waals surface area contributed by atoms with Crippen molar-refractivity contribution in [3.05, 3.63) is 41.3 Å². The van der Waals surface area contributed by atoms with Crippen LogP contribution >= 0.6 is 0 Å². The first kappa shape index (κ1) is 17.1. The maximum absolute atomic E-state index is 5.28. The van der Waals surface area contributed by atoms with E-state index in [0.717, 1.165) is 67.3 Å². The highest BCUT2D eigenvalue weighted by molar-refractivity contribution is 5.82. The van der Waals surface area contributed by atoms with Crippen LogP contribution in [0, 0.1) is 0 Å². The highest BCUT2D eigenvalue weighted by Crippen LogP contribution is 2.24. The fraction of sp³-hybridized carbons (Fsp3) is 0.474. The van der Waals surface area contributed by atoms with Gasteiger partial charge in [-0.15, -0.1) is 0 Å². The van der Waals surface area contributed by atoms with Gasteiger partial charge in [0.25, 0.3) is 0 Å². The SMILES string of the molecule is CCN(C)Cc1cc2n(n1)CCN(Cc1[nH]nc3cc(OC)ccc13)C2. The summed E-state index contributed by atoms with van der Waals surface area (Å²) in [4.78, 5) is 4.72. The third-order valence-electron chi connectivity index (χ3n) is 5.12. The Morgan fingerprint density at radius 3 is 2.96 bits per heavy atom. The maximum Gasteiger partial charge on any atom is 0.121 e. The van der Waals surface area contributed by atoms with E-state index < -0.39 is 0 Å². The van der Waals surface area contributed by atoms with Crippen molar-refractivity contribution in [1.82, 2.24) is 29.8 Å². The van der Waals surface area contributed by atoms with Crippen LogP contribution in [0.4, 0.5) is 0 Å². The zero-order valence-corrected chi connectivity index (χ0v) is 15.7. The summed E-state index contributed by atoms with van der Waals surface area (Å²) in [6, 6.07) is 8.29. The standard InChI is InChI=1S/C19H26N6O/c1-4-23(2)11-14-9-15-12-24(7-8-25(15)22-14)13-19-17-6-5-16(26-3)10-18(17)20-21-19/h5-6,9-10H,4,7-8,11-13H2,1-3H3,(H,20,21). The molecule has 4 rings (SSSR count). The quantitative estimate of drug-likeness (QED) is 0.736. The normalized spacial score (nSPS) is 14.9. The maximum atomic E-state index is 5.28. The van der Waals surface area contributed by atoms with Gasteiger partial charge in [0, 0.05) is 37.6 Å². The Morgan fingerprint density at radius 1 is 1.27 bits per heavy atom. The van der Waals surface area contributed by atoms with E-state index in [9.17, 15) is 0 Å². The summed E-state index contributed by atoms with van der Waals surface area (Å²) in [6.07, 6.45) is 0. The lowest BCUT2D eigenvalue weighted by atomic mass is 10.2. The molecular weight excluding hydrogens is 328 g/mol. The summed E-state index contributed by atoms with van der Waals surface area (Å²) >= 11 is 0. The van der Waals surface area contributed by atoms with Crippen LogP contribution in [-0.4, -0.2) is 57.0 Å². The minimum atomic E-state index is 0.835. The summed E-state index contributed by atoms with van der Waals surface area (Å²) < 4.78 is 7.44. The molecule has 0 amide bonds. The first-order valence-electron chi connectivity index (χ1n) is 9.13. The van der Waals surface area contributed by atoms with E-state index in [0.29, 0.717) is 0 Å². The second-order valence-corrected chi connectivity index (χ2v) is 6.98. The lowest BCUT2D eigenvalue weighted by molar-refractivity contribution is 0.203. The Kier molecular flexibility index (Phi) is 4.65. The molecule has 1 aromatic carbocycles. The van der Waals surface area contributed by atoms with Gasteiger partial charge in [0.2, 0.25) is 0 Å². The van der Waals surface area contributed by atoms with Crippen molar-refractivity contribution in [2.75, 3.05) is 27.2 Å². The van der Waals surface area contributed by atoms with Crippen molar-refractivity contribution in [2.24, 2.45) is 0 Å². The van der Waals surface area contributed by atoms with Crippen LogP contribution < -0.4 is 4.74 Å². The van der Waals surface area contributed by atoms with Gasteiger partial charge in [-0.2, -0.15) is 10.2 Å². The first-order valence-corrected chi connectivity index (χ1v) is 9.13. The van der Waals surface area contributed by atoms with Gasteiger partial charge in [-0.05, 0) is 31.8 Å². The third kappa shape index (κ3) is 3.32. The predicted octanol–water partition coefficient (Wildman–Crippen LogP) is 2.24. The fourth-order valence-corrected chi connectivity index (χ4v) is 3.50. The second kappa shape index (κ2) is 7.09. The van der Waals surface area contributed by atoms with Crippen LogP contribution in [-0.2, 0) is 26.2 Å². The molecule has 0 radical (unpaired) electrons. The van der Waals surface area contributed by atoms with Crippen molar-refractivity contribution in [3.8, 4) is 5.75 Å². The van der Waals surface area contributed by atoms with Crippen LogP contribution in [0.3, 0.4) is 0 Å². The number of aromatic amines is 1. The number of rotatable bonds is 6. The number of benzene rings is 1. The molecule has 0 bridgehead atoms. The van der Waals surface area contributed by atoms with Gasteiger partial charge in [0.05, 0.1) is 36.3 Å². The number of hydrogen-bond donors (Lipinski definition) is 1. The molecule has 0 atom stereocenters. The molecule has 3 heterocycles. The van der Waals surface area contributed by atoms with Crippen LogP contribution in [0.2, 0.25) is 0 Å². The first-order chi connectivity index (χ1) is 12.7. The molecule has 2 aromatic heterocycles. The summed E-state index contributed by atoms with van der Waals surface area (Å²) in [5, 5.41) is 13.5. The van der Waals surface area contributed by atoms with E-state index in [2.05, 4.69) is 50.8 Å². The molecular formula is C19H26N6O. The lowest BCUT2D eigenvalue weighted by Gasteiger charge is -2.27. The Morgan fingerprint density at radius 2 is 2.15 bits per heavy atom. The molecule has 0 spiro atoms. The van der Waals surface area contributed by atoms with Crippen LogP contribution in [0.15, 0.2) is 24.3 Å². The summed E-state index contributed by atoms with van der Waals surface area (Å²) in [5.74, 6) is 0.835. The monoisotopic (exact) mass is 354 g/mol. The van der Waals surface area contributed by atoms with E-state index >= 15 is 0 Å². The number of aromatic nitrogens is 4. The summed E-state index contributed by atoms with van der Waals surface area (Å²) in [7, 11) is 3.81. The number of nitrogens with zero attached hydrogens (tertiary/aromatic N) is 5. The number of methoxy groups -OCH3 is 1. The average molecular weight is 354 g/mol. The summed E-state index contributed by atoms with van der Waals surface area (Å²) in [5.41, 5.74) is 4.55. The highest BCUT2D eigenvalue weighted by Gasteiger charge is 2.20. The van der Waals surface area contributed by atoms with E-state index in [4.69, 9.17) is 9.84 Å².